The van der Waals surface area contributed by atoms with Gasteiger partial charge in [0.1, 0.15) is 0 Å². The van der Waals surface area contributed by atoms with Crippen LogP contribution in [0.3, 0.4) is 0 Å². The maximum Gasteiger partial charge on any atom is 1.00 e. The minimum absolute atomic E-state index is 0. The summed E-state index contributed by atoms with van der Waals surface area (Å²) < 4.78 is 36.7. The van der Waals surface area contributed by atoms with Crippen LogP contribution in [0.15, 0.2) is 24.3 Å². The van der Waals surface area contributed by atoms with Crippen molar-refractivity contribution in [2.24, 2.45) is 0 Å². The third kappa shape index (κ3) is 4.16. The molecule has 0 radical (unpaired) electrons. The van der Waals surface area contributed by atoms with Gasteiger partial charge in [0.05, 0.1) is 0 Å². The Morgan fingerprint density at radius 2 is 1.75 bits per heavy atom. The molecule has 82 valence electrons. The molecule has 0 fully saturated rings. The molecular formula is C10H12BF3KN. The molecule has 0 N–H and O–H groups in total. The van der Waals surface area contributed by atoms with E-state index in [1.54, 1.807) is 0 Å². The topological polar surface area (TPSA) is 3.24 Å². The Labute approximate surface area is 136 Å². The van der Waals surface area contributed by atoms with Crippen LogP contribution in [-0.4, -0.2) is 24.9 Å². The minimum atomic E-state index is -4.70. The van der Waals surface area contributed by atoms with Crippen molar-refractivity contribution in [3.8, 4) is 0 Å². The third-order valence-electron chi connectivity index (χ3n) is 2.67. The van der Waals surface area contributed by atoms with E-state index in [1.165, 1.54) is 10.5 Å². The second-order valence-electron chi connectivity index (χ2n) is 3.96. The van der Waals surface area contributed by atoms with Gasteiger partial charge in [-0.3, -0.25) is 0 Å². The first-order chi connectivity index (χ1) is 7.04. The average Bonchev–Trinajstić information content (AvgIpc) is 2.15. The van der Waals surface area contributed by atoms with Gasteiger partial charge >= 0.3 is 58.4 Å². The van der Waals surface area contributed by atoms with Gasteiger partial charge in [-0.05, 0) is 30.5 Å². The second kappa shape index (κ2) is 6.02. The Kier molecular flexibility index (Phi) is 5.54. The maximum atomic E-state index is 12.2. The first kappa shape index (κ1) is 14.7. The first-order valence-electron chi connectivity index (χ1n) is 5.05. The molecule has 0 atom stereocenters. The summed E-state index contributed by atoms with van der Waals surface area (Å²) >= 11 is 0. The Balaban J connectivity index is 0.00000128. The van der Waals surface area contributed by atoms with E-state index in [0.717, 1.165) is 12.0 Å². The Bertz CT molecular complexity index is 356. The first-order valence-corrected chi connectivity index (χ1v) is 5.05. The van der Waals surface area contributed by atoms with Crippen LogP contribution in [0.2, 0.25) is 0 Å². The summed E-state index contributed by atoms with van der Waals surface area (Å²) in [6, 6.07) is 7.71. The Morgan fingerprint density at radius 3 is 2.38 bits per heavy atom. The van der Waals surface area contributed by atoms with Crippen molar-refractivity contribution in [3.63, 3.8) is 0 Å². The number of benzene rings is 1. The van der Waals surface area contributed by atoms with Crippen LogP contribution in [0.4, 0.5) is 12.9 Å². The molecule has 0 saturated carbocycles. The SMILES string of the molecule is F[B-](F)(F)CN1CCc2ccccc2C1.[K+]. The van der Waals surface area contributed by atoms with Crippen LogP contribution in [0.5, 0.6) is 0 Å². The second-order valence-corrected chi connectivity index (χ2v) is 3.96. The van der Waals surface area contributed by atoms with Gasteiger partial charge in [0.15, 0.2) is 0 Å². The zero-order chi connectivity index (χ0) is 10.9. The van der Waals surface area contributed by atoms with E-state index in [0.29, 0.717) is 13.1 Å². The monoisotopic (exact) mass is 253 g/mol. The van der Waals surface area contributed by atoms with Crippen LogP contribution in [0.25, 0.3) is 0 Å². The van der Waals surface area contributed by atoms with Gasteiger partial charge in [-0.2, -0.15) is 0 Å². The molecule has 1 aliphatic rings. The van der Waals surface area contributed by atoms with E-state index in [-0.39, 0.29) is 51.4 Å². The van der Waals surface area contributed by atoms with Crippen molar-refractivity contribution >= 4 is 6.98 Å². The molecule has 0 spiro atoms. The smallest absolute Gasteiger partial charge is 0.448 e. The fourth-order valence-corrected chi connectivity index (χ4v) is 2.00. The van der Waals surface area contributed by atoms with Crippen molar-refractivity contribution in [3.05, 3.63) is 35.4 Å². The summed E-state index contributed by atoms with van der Waals surface area (Å²) in [5.74, 6) is 0. The third-order valence-corrected chi connectivity index (χ3v) is 2.67. The number of nitrogens with zero attached hydrogens (tertiary/aromatic N) is 1. The molecule has 1 nitrogen and oxygen atoms in total. The van der Waals surface area contributed by atoms with E-state index in [4.69, 9.17) is 0 Å². The van der Waals surface area contributed by atoms with Crippen LogP contribution >= 0.6 is 0 Å². The van der Waals surface area contributed by atoms with Crippen LogP contribution < -0.4 is 51.4 Å². The number of halogens is 3. The number of fused-ring (bicyclic) bond motifs is 1. The zero-order valence-electron chi connectivity index (χ0n) is 9.30. The number of rotatable bonds is 2. The normalized spacial score (nSPS) is 16.4. The number of hydrogen-bond acceptors (Lipinski definition) is 1. The predicted molar refractivity (Wildman–Crippen MR) is 54.5 cm³/mol. The van der Waals surface area contributed by atoms with Gasteiger partial charge in [0, 0.05) is 6.54 Å². The molecule has 0 aliphatic carbocycles. The molecule has 16 heavy (non-hydrogen) atoms. The summed E-state index contributed by atoms with van der Waals surface area (Å²) in [5, 5.41) is 0. The standard InChI is InChI=1S/C10H12BF3N.K/c12-11(13,14)8-15-6-5-9-3-1-2-4-10(9)7-15;/h1-4H,5-8H2;/q-1;+1. The van der Waals surface area contributed by atoms with Gasteiger partial charge in [0.2, 0.25) is 0 Å². The summed E-state index contributed by atoms with van der Waals surface area (Å²) in [5.41, 5.74) is 2.22. The Morgan fingerprint density at radius 1 is 1.12 bits per heavy atom. The van der Waals surface area contributed by atoms with E-state index < -0.39 is 13.4 Å². The van der Waals surface area contributed by atoms with Crippen LogP contribution in [0.1, 0.15) is 11.1 Å². The van der Waals surface area contributed by atoms with Crippen molar-refractivity contribution < 1.29 is 64.3 Å². The fraction of sp³-hybridized carbons (Fsp3) is 0.400. The van der Waals surface area contributed by atoms with E-state index in [9.17, 15) is 12.9 Å². The van der Waals surface area contributed by atoms with Crippen LogP contribution in [-0.2, 0) is 13.0 Å². The van der Waals surface area contributed by atoms with Gasteiger partial charge in [-0.1, -0.05) is 24.3 Å². The number of hydrogen-bond donors (Lipinski definition) is 0. The average molecular weight is 253 g/mol. The summed E-state index contributed by atoms with van der Waals surface area (Å²) in [6.45, 7) is -3.76. The molecule has 0 saturated heterocycles. The Hall–Kier alpha value is 0.671. The van der Waals surface area contributed by atoms with Crippen molar-refractivity contribution in [1.82, 2.24) is 4.90 Å². The van der Waals surface area contributed by atoms with Crippen LogP contribution in [0, 0.1) is 0 Å². The molecule has 6 heteroatoms. The van der Waals surface area contributed by atoms with Crippen molar-refractivity contribution in [2.75, 3.05) is 13.0 Å². The molecule has 0 amide bonds. The minimum Gasteiger partial charge on any atom is -0.448 e. The zero-order valence-corrected chi connectivity index (χ0v) is 12.4. The molecule has 1 heterocycles. The van der Waals surface area contributed by atoms with E-state index in [1.807, 2.05) is 24.3 Å². The molecule has 0 unspecified atom stereocenters. The van der Waals surface area contributed by atoms with E-state index in [2.05, 4.69) is 0 Å². The predicted octanol–water partition coefficient (Wildman–Crippen LogP) is -0.565. The fourth-order valence-electron chi connectivity index (χ4n) is 2.00. The van der Waals surface area contributed by atoms with Crippen molar-refractivity contribution in [2.45, 2.75) is 13.0 Å². The molecule has 2 rings (SSSR count). The summed E-state index contributed by atoms with van der Waals surface area (Å²) in [7, 11) is 0. The molecule has 0 bridgehead atoms. The van der Waals surface area contributed by atoms with E-state index >= 15 is 0 Å². The largest absolute Gasteiger partial charge is 1.00 e. The molecule has 1 aliphatic heterocycles. The quantitative estimate of drug-likeness (QED) is 0.638. The van der Waals surface area contributed by atoms with Gasteiger partial charge in [0.25, 0.3) is 0 Å². The summed E-state index contributed by atoms with van der Waals surface area (Å²) in [6.07, 6.45) is -0.0172. The van der Waals surface area contributed by atoms with Crippen molar-refractivity contribution in [1.29, 1.82) is 0 Å². The molecule has 0 aromatic heterocycles. The summed E-state index contributed by atoms with van der Waals surface area (Å²) in [4.78, 5) is 1.47. The van der Waals surface area contributed by atoms with Gasteiger partial charge < -0.3 is 17.8 Å². The maximum absolute atomic E-state index is 12.2. The van der Waals surface area contributed by atoms with Gasteiger partial charge in [-0.15, -0.1) is 0 Å². The molecule has 1 aromatic rings. The molecule has 1 aromatic carbocycles. The molecular weight excluding hydrogens is 241 g/mol. The van der Waals surface area contributed by atoms with Gasteiger partial charge in [-0.25, -0.2) is 0 Å².